The normalized spacial score (nSPS) is 15.3. The van der Waals surface area contributed by atoms with Crippen LogP contribution in [0.25, 0.3) is 33.4 Å². The van der Waals surface area contributed by atoms with Gasteiger partial charge in [-0.15, -0.1) is 0 Å². The topological polar surface area (TPSA) is 6.48 Å². The quantitative estimate of drug-likeness (QED) is 0.143. The van der Waals surface area contributed by atoms with E-state index in [1.165, 1.54) is 61.3 Å². The van der Waals surface area contributed by atoms with Crippen LogP contribution in [0.3, 0.4) is 0 Å². The Hall–Kier alpha value is -7.42. The van der Waals surface area contributed by atoms with Gasteiger partial charge in [0.2, 0.25) is 0 Å². The van der Waals surface area contributed by atoms with Crippen molar-refractivity contribution in [3.63, 3.8) is 0 Å². The van der Waals surface area contributed by atoms with Crippen LogP contribution in [0.4, 0.5) is 28.4 Å². The SMILES string of the molecule is C=C/C=C\C1=C(C)C2(c3ccccc3-c3c(N(c4ccc(-c5ccccc5)cc4)c4ccc(-c5ccccc5)cc4)cccc32)c2ccccc2N1c1ccccc1. The van der Waals surface area contributed by atoms with Crippen LogP contribution in [0.5, 0.6) is 0 Å². The Balaban J connectivity index is 1.23. The van der Waals surface area contributed by atoms with E-state index in [2.05, 4.69) is 242 Å². The van der Waals surface area contributed by atoms with Crippen molar-refractivity contribution < 1.29 is 0 Å². The molecule has 8 aromatic carbocycles. The van der Waals surface area contributed by atoms with Crippen molar-refractivity contribution in [1.29, 1.82) is 0 Å². The van der Waals surface area contributed by atoms with Gasteiger partial charge in [0.25, 0.3) is 0 Å². The maximum atomic E-state index is 4.07. The van der Waals surface area contributed by atoms with Gasteiger partial charge >= 0.3 is 0 Å². The Kier molecular flexibility index (Phi) is 8.81. The molecule has 2 heteroatoms. The second kappa shape index (κ2) is 14.6. The summed E-state index contributed by atoms with van der Waals surface area (Å²) in [6.45, 7) is 6.40. The molecule has 0 fully saturated rings. The minimum atomic E-state index is -0.551. The highest BCUT2D eigenvalue weighted by molar-refractivity contribution is 5.99. The largest absolute Gasteiger partial charge is 0.310 e. The smallest absolute Gasteiger partial charge is 0.0715 e. The summed E-state index contributed by atoms with van der Waals surface area (Å²) in [6.07, 6.45) is 6.16. The second-order valence-corrected chi connectivity index (χ2v) is 14.9. The summed E-state index contributed by atoms with van der Waals surface area (Å²) in [5.41, 5.74) is 18.6. The third-order valence-corrected chi connectivity index (χ3v) is 11.9. The van der Waals surface area contributed by atoms with Crippen molar-refractivity contribution in [2.75, 3.05) is 9.80 Å². The van der Waals surface area contributed by atoms with Gasteiger partial charge in [-0.2, -0.15) is 0 Å². The minimum Gasteiger partial charge on any atom is -0.310 e. The maximum Gasteiger partial charge on any atom is 0.0715 e. The van der Waals surface area contributed by atoms with E-state index in [1.54, 1.807) is 0 Å². The van der Waals surface area contributed by atoms with Crippen LogP contribution in [-0.4, -0.2) is 0 Å². The molecule has 2 nitrogen and oxygen atoms in total. The summed E-state index contributed by atoms with van der Waals surface area (Å²) in [5.74, 6) is 0. The number of hydrogen-bond acceptors (Lipinski definition) is 2. The highest BCUT2D eigenvalue weighted by Crippen LogP contribution is 2.63. The van der Waals surface area contributed by atoms with E-state index in [-0.39, 0.29) is 0 Å². The first-order chi connectivity index (χ1) is 28.7. The van der Waals surface area contributed by atoms with E-state index in [9.17, 15) is 0 Å². The summed E-state index contributed by atoms with van der Waals surface area (Å²) >= 11 is 0. The Morgan fingerprint density at radius 2 is 0.983 bits per heavy atom. The van der Waals surface area contributed by atoms with Crippen LogP contribution in [0.1, 0.15) is 23.6 Å². The van der Waals surface area contributed by atoms with Crippen LogP contribution in [-0.2, 0) is 5.41 Å². The summed E-state index contributed by atoms with van der Waals surface area (Å²) in [5, 5.41) is 0. The van der Waals surface area contributed by atoms with E-state index in [4.69, 9.17) is 0 Å². The number of allylic oxidation sites excluding steroid dienone is 4. The zero-order valence-electron chi connectivity index (χ0n) is 32.5. The monoisotopic (exact) mass is 742 g/mol. The fourth-order valence-electron chi connectivity index (χ4n) is 9.38. The van der Waals surface area contributed by atoms with Gasteiger partial charge < -0.3 is 9.80 Å². The molecule has 1 heterocycles. The lowest BCUT2D eigenvalue weighted by Gasteiger charge is -2.45. The molecule has 2 aliphatic rings. The van der Waals surface area contributed by atoms with E-state index in [1.807, 2.05) is 6.08 Å². The third kappa shape index (κ3) is 5.56. The second-order valence-electron chi connectivity index (χ2n) is 14.9. The molecule has 1 atom stereocenters. The van der Waals surface area contributed by atoms with Gasteiger partial charge in [-0.25, -0.2) is 0 Å². The number of para-hydroxylation sites is 2. The minimum absolute atomic E-state index is 0.551. The van der Waals surface area contributed by atoms with Crippen LogP contribution in [0.15, 0.2) is 242 Å². The molecule has 8 aromatic rings. The first-order valence-corrected chi connectivity index (χ1v) is 20.0. The van der Waals surface area contributed by atoms with Gasteiger partial charge in [0.05, 0.1) is 16.8 Å². The van der Waals surface area contributed by atoms with Crippen LogP contribution < -0.4 is 9.80 Å². The molecule has 0 saturated heterocycles. The molecule has 1 aliphatic heterocycles. The summed E-state index contributed by atoms with van der Waals surface area (Å²) in [4.78, 5) is 4.86. The highest BCUT2D eigenvalue weighted by atomic mass is 15.2. The molecule has 0 radical (unpaired) electrons. The summed E-state index contributed by atoms with van der Waals surface area (Å²) in [7, 11) is 0. The van der Waals surface area contributed by atoms with Crippen molar-refractivity contribution in [2.45, 2.75) is 12.3 Å². The molecule has 0 N–H and O–H groups in total. The Labute approximate surface area is 341 Å². The summed E-state index contributed by atoms with van der Waals surface area (Å²) in [6, 6.07) is 74.9. The number of rotatable bonds is 8. The van der Waals surface area contributed by atoms with E-state index >= 15 is 0 Å². The van der Waals surface area contributed by atoms with Gasteiger partial charge in [-0.05, 0) is 112 Å². The van der Waals surface area contributed by atoms with Gasteiger partial charge in [-0.3, -0.25) is 0 Å². The number of fused-ring (bicyclic) bond motifs is 7. The fourth-order valence-corrected chi connectivity index (χ4v) is 9.38. The lowest BCUT2D eigenvalue weighted by Crippen LogP contribution is -2.38. The first-order valence-electron chi connectivity index (χ1n) is 20.0. The van der Waals surface area contributed by atoms with E-state index < -0.39 is 5.41 Å². The van der Waals surface area contributed by atoms with Gasteiger partial charge in [0, 0.05) is 28.3 Å². The van der Waals surface area contributed by atoms with Gasteiger partial charge in [0.15, 0.2) is 0 Å². The van der Waals surface area contributed by atoms with Crippen molar-refractivity contribution in [3.8, 4) is 33.4 Å². The third-order valence-electron chi connectivity index (χ3n) is 11.9. The molecule has 0 bridgehead atoms. The van der Waals surface area contributed by atoms with Crippen LogP contribution in [0, 0.1) is 0 Å². The maximum absolute atomic E-state index is 4.07. The van der Waals surface area contributed by atoms with Crippen molar-refractivity contribution >= 4 is 28.4 Å². The standard InChI is InChI=1S/C56H42N2/c1-3-4-29-52-40(2)56(50-27-16-17-30-53(50)58(52)45-23-12-7-13-24-45)49-26-15-14-25-48(49)55-51(56)28-18-31-54(55)57(46-36-32-43(33-37-46)41-19-8-5-9-20-41)47-38-34-44(35-39-47)42-21-10-6-11-22-42/h3-39H,1H2,2H3/b29-4-. The lowest BCUT2D eigenvalue weighted by molar-refractivity contribution is 0.717. The first kappa shape index (κ1) is 35.0. The average molecular weight is 743 g/mol. The predicted octanol–water partition coefficient (Wildman–Crippen LogP) is 15.0. The molecule has 1 spiro atoms. The number of anilines is 5. The zero-order valence-corrected chi connectivity index (χ0v) is 32.5. The fraction of sp³-hybridized carbons (Fsp3) is 0.0357. The highest BCUT2D eigenvalue weighted by Gasteiger charge is 2.52. The van der Waals surface area contributed by atoms with Crippen LogP contribution >= 0.6 is 0 Å². The Morgan fingerprint density at radius 1 is 0.483 bits per heavy atom. The molecule has 58 heavy (non-hydrogen) atoms. The van der Waals surface area contributed by atoms with Gasteiger partial charge in [0.1, 0.15) is 0 Å². The molecule has 10 rings (SSSR count). The van der Waals surface area contributed by atoms with Crippen molar-refractivity contribution in [3.05, 3.63) is 259 Å². The predicted molar refractivity (Wildman–Crippen MR) is 244 cm³/mol. The molecule has 0 saturated carbocycles. The molecule has 0 aromatic heterocycles. The summed E-state index contributed by atoms with van der Waals surface area (Å²) < 4.78 is 0. The number of nitrogens with zero attached hydrogens (tertiary/aromatic N) is 2. The van der Waals surface area contributed by atoms with Crippen molar-refractivity contribution in [1.82, 2.24) is 0 Å². The van der Waals surface area contributed by atoms with Crippen LogP contribution in [0.2, 0.25) is 0 Å². The van der Waals surface area contributed by atoms with E-state index in [0.717, 1.165) is 28.4 Å². The number of hydrogen-bond donors (Lipinski definition) is 0. The van der Waals surface area contributed by atoms with Crippen molar-refractivity contribution in [2.24, 2.45) is 0 Å². The molecular formula is C56H42N2. The average Bonchev–Trinajstić information content (AvgIpc) is 3.60. The molecular weight excluding hydrogens is 701 g/mol. The molecule has 1 unspecified atom stereocenters. The molecule has 0 amide bonds. The molecule has 276 valence electrons. The van der Waals surface area contributed by atoms with E-state index in [0.29, 0.717) is 0 Å². The molecule has 1 aliphatic carbocycles. The Bertz CT molecular complexity index is 2750. The zero-order chi connectivity index (χ0) is 39.1. The number of benzene rings is 8. The lowest BCUT2D eigenvalue weighted by atomic mass is 9.64. The Morgan fingerprint density at radius 3 is 1.59 bits per heavy atom. The van der Waals surface area contributed by atoms with Gasteiger partial charge in [-0.1, -0.05) is 176 Å².